The van der Waals surface area contributed by atoms with Gasteiger partial charge in [0, 0.05) is 33.2 Å². The maximum absolute atomic E-state index is 6.02. The van der Waals surface area contributed by atoms with Gasteiger partial charge < -0.3 is 24.6 Å². The molecular weight excluding hydrogens is 487 g/mol. The van der Waals surface area contributed by atoms with E-state index in [2.05, 4.69) is 37.6 Å². The monoisotopic (exact) mass is 516 g/mol. The number of nitrogens with one attached hydrogen (secondary N) is 1. The van der Waals surface area contributed by atoms with Crippen LogP contribution < -0.4 is 19.7 Å². The second-order valence-electron chi connectivity index (χ2n) is 6.43. The molecule has 2 heterocycles. The lowest BCUT2D eigenvalue weighted by molar-refractivity contribution is 0.211. The summed E-state index contributed by atoms with van der Waals surface area (Å²) in [6, 6.07) is 12.0. The van der Waals surface area contributed by atoms with Crippen molar-refractivity contribution < 1.29 is 9.47 Å². The summed E-state index contributed by atoms with van der Waals surface area (Å²) >= 11 is 1.80. The van der Waals surface area contributed by atoms with Crippen LogP contribution in [0.1, 0.15) is 6.92 Å². The smallest absolute Gasteiger partial charge is 0.193 e. The molecule has 0 amide bonds. The summed E-state index contributed by atoms with van der Waals surface area (Å²) < 4.78 is 11.4. The molecule has 1 atom stereocenters. The summed E-state index contributed by atoms with van der Waals surface area (Å²) in [4.78, 5) is 9.19. The highest BCUT2D eigenvalue weighted by atomic mass is 127. The second kappa shape index (κ2) is 11.4. The molecule has 28 heavy (non-hydrogen) atoms. The Morgan fingerprint density at radius 1 is 1.14 bits per heavy atom. The number of rotatable bonds is 6. The van der Waals surface area contributed by atoms with E-state index in [9.17, 15) is 0 Å². The Morgan fingerprint density at radius 3 is 2.46 bits per heavy atom. The molecule has 2 aromatic rings. The van der Waals surface area contributed by atoms with Crippen molar-refractivity contribution in [2.24, 2.45) is 4.99 Å². The number of benzene rings is 1. The van der Waals surface area contributed by atoms with Gasteiger partial charge in [-0.15, -0.1) is 35.3 Å². The van der Waals surface area contributed by atoms with Gasteiger partial charge in [0.1, 0.15) is 6.10 Å². The van der Waals surface area contributed by atoms with Crippen molar-refractivity contribution >= 4 is 46.3 Å². The lowest BCUT2D eigenvalue weighted by Gasteiger charge is -2.37. The SMILES string of the molecule is CN=C(NCC(C)Oc1ccccc1OC)N1CCN(c2cccs2)CC1.I. The minimum Gasteiger partial charge on any atom is -0.493 e. The molecule has 1 aliphatic rings. The zero-order chi connectivity index (χ0) is 19.1. The van der Waals surface area contributed by atoms with Gasteiger partial charge in [0.25, 0.3) is 0 Å². The molecule has 1 aromatic heterocycles. The largest absolute Gasteiger partial charge is 0.493 e. The topological polar surface area (TPSA) is 49.3 Å². The van der Waals surface area contributed by atoms with Gasteiger partial charge in [-0.2, -0.15) is 0 Å². The van der Waals surface area contributed by atoms with Crippen LogP contribution in [0.5, 0.6) is 11.5 Å². The zero-order valence-corrected chi connectivity index (χ0v) is 19.8. The number of anilines is 1. The molecule has 1 unspecified atom stereocenters. The second-order valence-corrected chi connectivity index (χ2v) is 7.36. The number of para-hydroxylation sites is 2. The van der Waals surface area contributed by atoms with E-state index in [0.717, 1.165) is 43.6 Å². The Balaban J connectivity index is 0.00000280. The molecule has 0 bridgehead atoms. The third-order valence-corrected chi connectivity index (χ3v) is 5.48. The quantitative estimate of drug-likeness (QED) is 0.362. The van der Waals surface area contributed by atoms with Gasteiger partial charge in [-0.3, -0.25) is 4.99 Å². The predicted octanol–water partition coefficient (Wildman–Crippen LogP) is 3.54. The molecular formula is C20H29IN4O2S. The molecule has 0 aliphatic carbocycles. The maximum atomic E-state index is 6.02. The van der Waals surface area contributed by atoms with E-state index in [1.807, 2.05) is 38.2 Å². The summed E-state index contributed by atoms with van der Waals surface area (Å²) in [6.07, 6.45) is -0.00884. The minimum absolute atomic E-state index is 0. The highest BCUT2D eigenvalue weighted by Gasteiger charge is 2.20. The average Bonchev–Trinajstić information content (AvgIpc) is 3.24. The number of guanidine groups is 1. The van der Waals surface area contributed by atoms with Crippen LogP contribution in [-0.4, -0.2) is 63.8 Å². The molecule has 1 aromatic carbocycles. The van der Waals surface area contributed by atoms with Gasteiger partial charge in [0.15, 0.2) is 17.5 Å². The van der Waals surface area contributed by atoms with Gasteiger partial charge in [0.2, 0.25) is 0 Å². The molecule has 1 aliphatic heterocycles. The third-order valence-electron chi connectivity index (χ3n) is 4.55. The van der Waals surface area contributed by atoms with Crippen LogP contribution in [0.4, 0.5) is 5.00 Å². The van der Waals surface area contributed by atoms with E-state index in [1.54, 1.807) is 18.4 Å². The van der Waals surface area contributed by atoms with Crippen LogP contribution in [0.2, 0.25) is 0 Å². The summed E-state index contributed by atoms with van der Waals surface area (Å²) in [5.74, 6) is 2.43. The van der Waals surface area contributed by atoms with E-state index in [1.165, 1.54) is 5.00 Å². The number of nitrogens with zero attached hydrogens (tertiary/aromatic N) is 3. The van der Waals surface area contributed by atoms with E-state index >= 15 is 0 Å². The predicted molar refractivity (Wildman–Crippen MR) is 128 cm³/mol. The van der Waals surface area contributed by atoms with E-state index in [4.69, 9.17) is 9.47 Å². The average molecular weight is 516 g/mol. The van der Waals surface area contributed by atoms with Crippen molar-refractivity contribution in [3.8, 4) is 11.5 Å². The maximum Gasteiger partial charge on any atom is 0.193 e. The van der Waals surface area contributed by atoms with Crippen molar-refractivity contribution in [3.63, 3.8) is 0 Å². The van der Waals surface area contributed by atoms with E-state index < -0.39 is 0 Å². The van der Waals surface area contributed by atoms with Crippen molar-refractivity contribution in [2.75, 3.05) is 51.8 Å². The fourth-order valence-electron chi connectivity index (χ4n) is 3.13. The first-order valence-electron chi connectivity index (χ1n) is 9.25. The lowest BCUT2D eigenvalue weighted by atomic mass is 10.3. The molecule has 1 N–H and O–H groups in total. The van der Waals surface area contributed by atoms with Gasteiger partial charge in [-0.25, -0.2) is 0 Å². The van der Waals surface area contributed by atoms with Crippen molar-refractivity contribution in [3.05, 3.63) is 41.8 Å². The van der Waals surface area contributed by atoms with Crippen molar-refractivity contribution in [1.29, 1.82) is 0 Å². The summed E-state index contributed by atoms with van der Waals surface area (Å²) in [5, 5.41) is 6.91. The Morgan fingerprint density at radius 2 is 1.86 bits per heavy atom. The fourth-order valence-corrected chi connectivity index (χ4v) is 3.92. The van der Waals surface area contributed by atoms with Crippen LogP contribution >= 0.6 is 35.3 Å². The molecule has 0 saturated carbocycles. The fraction of sp³-hybridized carbons (Fsp3) is 0.450. The molecule has 1 fully saturated rings. The van der Waals surface area contributed by atoms with Crippen LogP contribution in [0.3, 0.4) is 0 Å². The molecule has 6 nitrogen and oxygen atoms in total. The Labute approximate surface area is 188 Å². The van der Waals surface area contributed by atoms with Crippen LogP contribution in [0.25, 0.3) is 0 Å². The zero-order valence-electron chi connectivity index (χ0n) is 16.6. The number of thiophene rings is 1. The van der Waals surface area contributed by atoms with Crippen LogP contribution in [0, 0.1) is 0 Å². The highest BCUT2D eigenvalue weighted by molar-refractivity contribution is 14.0. The van der Waals surface area contributed by atoms with Crippen LogP contribution in [-0.2, 0) is 0 Å². The van der Waals surface area contributed by atoms with Crippen molar-refractivity contribution in [2.45, 2.75) is 13.0 Å². The van der Waals surface area contributed by atoms with Gasteiger partial charge in [-0.05, 0) is 36.6 Å². The van der Waals surface area contributed by atoms with Gasteiger partial charge >= 0.3 is 0 Å². The molecule has 1 saturated heterocycles. The first kappa shape index (κ1) is 22.6. The Hall–Kier alpha value is -1.68. The molecule has 0 spiro atoms. The number of hydrogen-bond donors (Lipinski definition) is 1. The number of ether oxygens (including phenoxy) is 2. The number of piperazine rings is 1. The highest BCUT2D eigenvalue weighted by Crippen LogP contribution is 2.26. The first-order valence-corrected chi connectivity index (χ1v) is 10.1. The summed E-state index contributed by atoms with van der Waals surface area (Å²) in [6.45, 7) is 6.65. The normalized spacial score (nSPS) is 15.6. The molecule has 3 rings (SSSR count). The Kier molecular flexibility index (Phi) is 9.17. The third kappa shape index (κ3) is 5.91. The number of aliphatic imine (C=N–C) groups is 1. The van der Waals surface area contributed by atoms with Gasteiger partial charge in [0.05, 0.1) is 18.7 Å². The first-order chi connectivity index (χ1) is 13.2. The van der Waals surface area contributed by atoms with Crippen molar-refractivity contribution in [1.82, 2.24) is 10.2 Å². The summed E-state index contributed by atoms with van der Waals surface area (Å²) in [7, 11) is 3.49. The standard InChI is InChI=1S/C20H28N4O2S.HI/c1-16(26-18-8-5-4-7-17(18)25-3)15-22-20(21-2)24-12-10-23(11-13-24)19-9-6-14-27-19;/h4-9,14,16H,10-13,15H2,1-3H3,(H,21,22);1H. The van der Waals surface area contributed by atoms with Gasteiger partial charge in [-0.1, -0.05) is 12.1 Å². The van der Waals surface area contributed by atoms with Crippen LogP contribution in [0.15, 0.2) is 46.8 Å². The minimum atomic E-state index is -0.00884. The lowest BCUT2D eigenvalue weighted by Crippen LogP contribution is -2.53. The Bertz CT molecular complexity index is 734. The van der Waals surface area contributed by atoms with E-state index in [0.29, 0.717) is 6.54 Å². The van der Waals surface area contributed by atoms with E-state index in [-0.39, 0.29) is 30.1 Å². The summed E-state index contributed by atoms with van der Waals surface area (Å²) in [5.41, 5.74) is 0. The molecule has 8 heteroatoms. The molecule has 154 valence electrons. The number of methoxy groups -OCH3 is 1. The number of halogens is 1. The molecule has 0 radical (unpaired) electrons. The number of hydrogen-bond acceptors (Lipinski definition) is 5.